The molecule has 0 aliphatic heterocycles. The quantitative estimate of drug-likeness (QED) is 0.837. The second kappa shape index (κ2) is 8.23. The van der Waals surface area contributed by atoms with E-state index in [1.807, 2.05) is 18.3 Å². The monoisotopic (exact) mass is 291 g/mol. The molecule has 4 heteroatoms. The molecule has 1 aliphatic rings. The molecular formula is C17H29N3O. The molecule has 0 amide bonds. The van der Waals surface area contributed by atoms with Gasteiger partial charge in [0.25, 0.3) is 0 Å². The highest BCUT2D eigenvalue weighted by Crippen LogP contribution is 2.32. The van der Waals surface area contributed by atoms with E-state index in [0.717, 1.165) is 31.1 Å². The van der Waals surface area contributed by atoms with Crippen LogP contribution in [0.25, 0.3) is 0 Å². The molecule has 0 aromatic carbocycles. The fraction of sp³-hybridized carbons (Fsp3) is 0.706. The van der Waals surface area contributed by atoms with Gasteiger partial charge in [0.05, 0.1) is 6.10 Å². The smallest absolute Gasteiger partial charge is 0.171 e. The second-order valence-electron chi connectivity index (χ2n) is 6.12. The molecule has 0 saturated heterocycles. The van der Waals surface area contributed by atoms with Gasteiger partial charge in [-0.2, -0.15) is 0 Å². The van der Waals surface area contributed by atoms with Crippen LogP contribution in [0.2, 0.25) is 0 Å². The van der Waals surface area contributed by atoms with Gasteiger partial charge >= 0.3 is 0 Å². The largest absolute Gasteiger partial charge is 0.487 e. The van der Waals surface area contributed by atoms with E-state index in [4.69, 9.17) is 10.5 Å². The van der Waals surface area contributed by atoms with E-state index in [1.54, 1.807) is 0 Å². The molecule has 1 aromatic rings. The van der Waals surface area contributed by atoms with Crippen molar-refractivity contribution in [2.24, 2.45) is 5.73 Å². The van der Waals surface area contributed by atoms with Crippen LogP contribution < -0.4 is 15.4 Å². The maximum Gasteiger partial charge on any atom is 0.171 e. The van der Waals surface area contributed by atoms with E-state index >= 15 is 0 Å². The third-order valence-electron chi connectivity index (χ3n) is 4.00. The highest BCUT2D eigenvalue weighted by molar-refractivity contribution is 5.53. The van der Waals surface area contributed by atoms with Crippen LogP contribution in [0.5, 0.6) is 5.75 Å². The molecule has 21 heavy (non-hydrogen) atoms. The minimum Gasteiger partial charge on any atom is -0.487 e. The van der Waals surface area contributed by atoms with Gasteiger partial charge in [0.15, 0.2) is 11.6 Å². The maximum atomic E-state index is 5.96. The van der Waals surface area contributed by atoms with E-state index in [1.165, 1.54) is 32.1 Å². The Bertz CT molecular complexity index is 416. The fourth-order valence-electron chi connectivity index (χ4n) is 3.06. The standard InChI is InChI=1S/C17H29N3O/c1-14(2)21-16-10-6-12-19-17(16)20(13-7-11-18)15-8-4-3-5-9-15/h6,10,12,14-15H,3-5,7-9,11,13,18H2,1-2H3. The van der Waals surface area contributed by atoms with Crippen LogP contribution in [-0.4, -0.2) is 30.2 Å². The van der Waals surface area contributed by atoms with Gasteiger partial charge in [0.1, 0.15) is 0 Å². The average molecular weight is 291 g/mol. The number of nitrogens with two attached hydrogens (primary N) is 1. The fourth-order valence-corrected chi connectivity index (χ4v) is 3.06. The number of anilines is 1. The van der Waals surface area contributed by atoms with Gasteiger partial charge in [-0.3, -0.25) is 0 Å². The first kappa shape index (κ1) is 16.1. The lowest BCUT2D eigenvalue weighted by Gasteiger charge is -2.36. The summed E-state index contributed by atoms with van der Waals surface area (Å²) in [5.41, 5.74) is 5.72. The van der Waals surface area contributed by atoms with E-state index in [-0.39, 0.29) is 6.10 Å². The van der Waals surface area contributed by atoms with Gasteiger partial charge in [0.2, 0.25) is 0 Å². The van der Waals surface area contributed by atoms with E-state index < -0.39 is 0 Å². The SMILES string of the molecule is CC(C)Oc1cccnc1N(CCCN)C1CCCCC1. The number of rotatable bonds is 7. The molecule has 1 aromatic heterocycles. The van der Waals surface area contributed by atoms with Gasteiger partial charge in [-0.1, -0.05) is 19.3 Å². The van der Waals surface area contributed by atoms with E-state index in [9.17, 15) is 0 Å². The predicted molar refractivity (Wildman–Crippen MR) is 87.9 cm³/mol. The van der Waals surface area contributed by atoms with Gasteiger partial charge in [0, 0.05) is 18.8 Å². The van der Waals surface area contributed by atoms with Crippen LogP contribution in [0.1, 0.15) is 52.4 Å². The second-order valence-corrected chi connectivity index (χ2v) is 6.12. The zero-order valence-corrected chi connectivity index (χ0v) is 13.4. The molecular weight excluding hydrogens is 262 g/mol. The predicted octanol–water partition coefficient (Wildman–Crippen LogP) is 3.36. The summed E-state index contributed by atoms with van der Waals surface area (Å²) in [5, 5.41) is 0. The molecule has 0 bridgehead atoms. The van der Waals surface area contributed by atoms with Crippen molar-refractivity contribution in [2.45, 2.75) is 64.5 Å². The first-order chi connectivity index (χ1) is 10.2. The Labute approximate surface area is 128 Å². The highest BCUT2D eigenvalue weighted by Gasteiger charge is 2.24. The van der Waals surface area contributed by atoms with Crippen LogP contribution in [0.3, 0.4) is 0 Å². The van der Waals surface area contributed by atoms with Crippen molar-refractivity contribution in [2.75, 3.05) is 18.0 Å². The van der Waals surface area contributed by atoms with Crippen molar-refractivity contribution in [1.82, 2.24) is 4.98 Å². The Morgan fingerprint density at radius 3 is 2.76 bits per heavy atom. The third kappa shape index (κ3) is 4.60. The first-order valence-corrected chi connectivity index (χ1v) is 8.30. The van der Waals surface area contributed by atoms with Crippen molar-refractivity contribution in [1.29, 1.82) is 0 Å². The molecule has 0 radical (unpaired) electrons. The summed E-state index contributed by atoms with van der Waals surface area (Å²) < 4.78 is 5.96. The minimum absolute atomic E-state index is 0.163. The molecule has 1 saturated carbocycles. The van der Waals surface area contributed by atoms with Crippen molar-refractivity contribution in [3.8, 4) is 5.75 Å². The van der Waals surface area contributed by atoms with Gasteiger partial charge < -0.3 is 15.4 Å². The topological polar surface area (TPSA) is 51.4 Å². The summed E-state index contributed by atoms with van der Waals surface area (Å²) in [5.74, 6) is 1.89. The lowest BCUT2D eigenvalue weighted by molar-refractivity contribution is 0.241. The summed E-state index contributed by atoms with van der Waals surface area (Å²) in [6, 6.07) is 4.55. The minimum atomic E-state index is 0.163. The van der Waals surface area contributed by atoms with Gasteiger partial charge in [-0.25, -0.2) is 4.98 Å². The van der Waals surface area contributed by atoms with Gasteiger partial charge in [-0.05, 0) is 51.8 Å². The summed E-state index contributed by atoms with van der Waals surface area (Å²) >= 11 is 0. The Kier molecular flexibility index (Phi) is 6.30. The number of pyridine rings is 1. The third-order valence-corrected chi connectivity index (χ3v) is 4.00. The Morgan fingerprint density at radius 2 is 2.10 bits per heavy atom. The van der Waals surface area contributed by atoms with E-state index in [2.05, 4.69) is 23.7 Å². The number of hydrogen-bond donors (Lipinski definition) is 1. The molecule has 1 fully saturated rings. The molecule has 0 spiro atoms. The number of ether oxygens (including phenoxy) is 1. The van der Waals surface area contributed by atoms with Crippen LogP contribution >= 0.6 is 0 Å². The molecule has 0 unspecified atom stereocenters. The van der Waals surface area contributed by atoms with Crippen LogP contribution in [-0.2, 0) is 0 Å². The first-order valence-electron chi connectivity index (χ1n) is 8.30. The molecule has 118 valence electrons. The summed E-state index contributed by atoms with van der Waals surface area (Å²) in [6.45, 7) is 5.80. The summed E-state index contributed by atoms with van der Waals surface area (Å²) in [6.07, 6.45) is 9.52. The molecule has 4 nitrogen and oxygen atoms in total. The molecule has 2 N–H and O–H groups in total. The number of hydrogen-bond acceptors (Lipinski definition) is 4. The van der Waals surface area contributed by atoms with Crippen LogP contribution in [0, 0.1) is 0 Å². The van der Waals surface area contributed by atoms with E-state index in [0.29, 0.717) is 6.04 Å². The Hall–Kier alpha value is -1.29. The summed E-state index contributed by atoms with van der Waals surface area (Å²) in [4.78, 5) is 7.05. The number of aromatic nitrogens is 1. The lowest BCUT2D eigenvalue weighted by atomic mass is 9.94. The van der Waals surface area contributed by atoms with Crippen LogP contribution in [0.4, 0.5) is 5.82 Å². The maximum absolute atomic E-state index is 5.96. The molecule has 2 rings (SSSR count). The number of nitrogens with zero attached hydrogens (tertiary/aromatic N) is 2. The molecule has 1 aliphatic carbocycles. The van der Waals surface area contributed by atoms with Crippen molar-refractivity contribution >= 4 is 5.82 Å². The molecule has 0 atom stereocenters. The Balaban J connectivity index is 2.22. The van der Waals surface area contributed by atoms with Crippen molar-refractivity contribution in [3.05, 3.63) is 18.3 Å². The van der Waals surface area contributed by atoms with Gasteiger partial charge in [-0.15, -0.1) is 0 Å². The normalized spacial score (nSPS) is 16.2. The zero-order valence-electron chi connectivity index (χ0n) is 13.4. The lowest BCUT2D eigenvalue weighted by Crippen LogP contribution is -2.39. The zero-order chi connectivity index (χ0) is 15.1. The van der Waals surface area contributed by atoms with Crippen molar-refractivity contribution in [3.63, 3.8) is 0 Å². The molecule has 1 heterocycles. The van der Waals surface area contributed by atoms with Crippen LogP contribution in [0.15, 0.2) is 18.3 Å². The Morgan fingerprint density at radius 1 is 1.33 bits per heavy atom. The average Bonchev–Trinajstić information content (AvgIpc) is 2.50. The van der Waals surface area contributed by atoms with Crippen molar-refractivity contribution < 1.29 is 4.74 Å². The highest BCUT2D eigenvalue weighted by atomic mass is 16.5. The summed E-state index contributed by atoms with van der Waals surface area (Å²) in [7, 11) is 0.